The summed E-state index contributed by atoms with van der Waals surface area (Å²) in [7, 11) is 1.90. The monoisotopic (exact) mass is 234 g/mol. The fraction of sp³-hybridized carbons (Fsp3) is 0.692. The summed E-state index contributed by atoms with van der Waals surface area (Å²) in [6.07, 6.45) is 3.95. The first-order valence-electron chi connectivity index (χ1n) is 6.45. The molecule has 1 atom stereocenters. The van der Waals surface area contributed by atoms with E-state index >= 15 is 0 Å². The molecule has 0 bridgehead atoms. The minimum absolute atomic E-state index is 0.658. The van der Waals surface area contributed by atoms with Gasteiger partial charge in [0.05, 0.1) is 6.54 Å². The molecule has 1 aromatic rings. The lowest BCUT2D eigenvalue weighted by molar-refractivity contribution is 0.149. The minimum Gasteiger partial charge on any atom is -0.373 e. The third-order valence-corrected chi connectivity index (χ3v) is 3.44. The number of aromatic nitrogens is 2. The number of hydrogen-bond acceptors (Lipinski definition) is 4. The van der Waals surface area contributed by atoms with E-state index < -0.39 is 0 Å². The van der Waals surface area contributed by atoms with Crippen molar-refractivity contribution in [1.29, 1.82) is 0 Å². The van der Waals surface area contributed by atoms with E-state index in [-0.39, 0.29) is 0 Å². The predicted octanol–water partition coefficient (Wildman–Crippen LogP) is 2.20. The Labute approximate surface area is 103 Å². The molecule has 0 amide bonds. The molecule has 0 aliphatic carbocycles. The summed E-state index contributed by atoms with van der Waals surface area (Å²) >= 11 is 0. The molecule has 4 heteroatoms. The fourth-order valence-corrected chi connectivity index (χ4v) is 2.40. The highest BCUT2D eigenvalue weighted by atomic mass is 15.2. The first kappa shape index (κ1) is 12.3. The highest BCUT2D eigenvalue weighted by Crippen LogP contribution is 2.18. The lowest BCUT2D eigenvalue weighted by Crippen LogP contribution is -2.37. The highest BCUT2D eigenvalue weighted by molar-refractivity contribution is 5.34. The van der Waals surface area contributed by atoms with Gasteiger partial charge in [-0.2, -0.15) is 0 Å². The number of likely N-dealkylation sites (tertiary alicyclic amines) is 1. The molecule has 1 unspecified atom stereocenters. The molecule has 1 aliphatic heterocycles. The van der Waals surface area contributed by atoms with E-state index in [0.29, 0.717) is 6.04 Å². The van der Waals surface area contributed by atoms with Crippen LogP contribution in [0, 0.1) is 6.92 Å². The molecule has 17 heavy (non-hydrogen) atoms. The van der Waals surface area contributed by atoms with Gasteiger partial charge in [-0.3, -0.25) is 4.90 Å². The highest BCUT2D eigenvalue weighted by Gasteiger charge is 2.19. The van der Waals surface area contributed by atoms with Gasteiger partial charge in [0.25, 0.3) is 0 Å². The number of rotatable bonds is 3. The van der Waals surface area contributed by atoms with Crippen LogP contribution in [-0.2, 0) is 6.54 Å². The summed E-state index contributed by atoms with van der Waals surface area (Å²) in [6, 6.07) is 2.63. The first-order chi connectivity index (χ1) is 8.19. The van der Waals surface area contributed by atoms with Gasteiger partial charge in [-0.1, -0.05) is 6.42 Å². The maximum Gasteiger partial charge on any atom is 0.144 e. The van der Waals surface area contributed by atoms with Crippen LogP contribution in [0.4, 0.5) is 5.82 Å². The molecule has 1 fully saturated rings. The van der Waals surface area contributed by atoms with Gasteiger partial charge in [0.2, 0.25) is 0 Å². The van der Waals surface area contributed by atoms with Gasteiger partial charge in [0, 0.05) is 24.8 Å². The molecule has 0 aromatic carbocycles. The van der Waals surface area contributed by atoms with Crippen molar-refractivity contribution in [2.75, 3.05) is 18.9 Å². The zero-order valence-corrected chi connectivity index (χ0v) is 11.0. The second-order valence-corrected chi connectivity index (χ2v) is 4.88. The molecule has 94 valence electrons. The normalized spacial score (nSPS) is 21.5. The summed E-state index contributed by atoms with van der Waals surface area (Å²) in [5.74, 6) is 1.85. The number of aryl methyl sites for hydroxylation is 1. The molecule has 0 radical (unpaired) electrons. The Morgan fingerprint density at radius 2 is 2.24 bits per heavy atom. The van der Waals surface area contributed by atoms with Gasteiger partial charge in [0.15, 0.2) is 0 Å². The molecule has 1 aliphatic rings. The standard InChI is InChI=1S/C13H22N4/c1-10-8-12(14-3)16-13(15-10)9-17-7-5-4-6-11(17)2/h8,11H,4-7,9H2,1-3H3,(H,14,15,16). The van der Waals surface area contributed by atoms with Gasteiger partial charge in [-0.15, -0.1) is 0 Å². The first-order valence-corrected chi connectivity index (χ1v) is 6.45. The SMILES string of the molecule is CNc1cc(C)nc(CN2CCCCC2C)n1. The van der Waals surface area contributed by atoms with E-state index in [9.17, 15) is 0 Å². The van der Waals surface area contributed by atoms with Gasteiger partial charge >= 0.3 is 0 Å². The lowest BCUT2D eigenvalue weighted by atomic mass is 10.0. The van der Waals surface area contributed by atoms with Gasteiger partial charge in [-0.25, -0.2) is 9.97 Å². The molecular weight excluding hydrogens is 212 g/mol. The molecule has 0 spiro atoms. The molecule has 0 saturated carbocycles. The van der Waals surface area contributed by atoms with Crippen LogP contribution in [0.5, 0.6) is 0 Å². The van der Waals surface area contributed by atoms with E-state index in [0.717, 1.165) is 23.9 Å². The van der Waals surface area contributed by atoms with Gasteiger partial charge < -0.3 is 5.32 Å². The van der Waals surface area contributed by atoms with E-state index in [1.165, 1.54) is 25.8 Å². The van der Waals surface area contributed by atoms with Crippen molar-refractivity contribution in [3.63, 3.8) is 0 Å². The third kappa shape index (κ3) is 3.16. The quantitative estimate of drug-likeness (QED) is 0.870. The van der Waals surface area contributed by atoms with E-state index in [2.05, 4.69) is 27.1 Å². The summed E-state index contributed by atoms with van der Waals surface area (Å²) in [5.41, 5.74) is 1.03. The van der Waals surface area contributed by atoms with E-state index in [4.69, 9.17) is 0 Å². The van der Waals surface area contributed by atoms with Crippen LogP contribution in [0.3, 0.4) is 0 Å². The summed E-state index contributed by atoms with van der Waals surface area (Å²) in [4.78, 5) is 11.5. The van der Waals surface area contributed by atoms with Crippen LogP contribution in [0.25, 0.3) is 0 Å². The number of piperidine rings is 1. The van der Waals surface area contributed by atoms with Crippen LogP contribution >= 0.6 is 0 Å². The van der Waals surface area contributed by atoms with Crippen LogP contribution in [0.1, 0.15) is 37.7 Å². The number of hydrogen-bond donors (Lipinski definition) is 1. The number of nitrogens with one attached hydrogen (secondary N) is 1. The predicted molar refractivity (Wildman–Crippen MR) is 70.0 cm³/mol. The molecule has 1 aromatic heterocycles. The Morgan fingerprint density at radius 1 is 1.41 bits per heavy atom. The Hall–Kier alpha value is -1.16. The van der Waals surface area contributed by atoms with Gasteiger partial charge in [-0.05, 0) is 33.2 Å². The van der Waals surface area contributed by atoms with Crippen molar-refractivity contribution >= 4 is 5.82 Å². The second-order valence-electron chi connectivity index (χ2n) is 4.88. The summed E-state index contributed by atoms with van der Waals surface area (Å²) < 4.78 is 0. The Bertz CT molecular complexity index is 378. The molecule has 2 rings (SSSR count). The number of anilines is 1. The summed E-state index contributed by atoms with van der Waals surface area (Å²) in [6.45, 7) is 6.37. The smallest absolute Gasteiger partial charge is 0.144 e. The fourth-order valence-electron chi connectivity index (χ4n) is 2.40. The number of nitrogens with zero attached hydrogens (tertiary/aromatic N) is 3. The summed E-state index contributed by atoms with van der Waals surface area (Å²) in [5, 5.41) is 3.09. The Kier molecular flexibility index (Phi) is 3.94. The van der Waals surface area contributed by atoms with Crippen molar-refractivity contribution in [2.24, 2.45) is 0 Å². The Balaban J connectivity index is 2.09. The molecule has 2 heterocycles. The average Bonchev–Trinajstić information content (AvgIpc) is 2.31. The second kappa shape index (κ2) is 5.45. The van der Waals surface area contributed by atoms with Crippen molar-refractivity contribution in [3.8, 4) is 0 Å². The van der Waals surface area contributed by atoms with E-state index in [1.807, 2.05) is 20.0 Å². The van der Waals surface area contributed by atoms with Crippen molar-refractivity contribution < 1.29 is 0 Å². The molecule has 1 N–H and O–H groups in total. The zero-order valence-electron chi connectivity index (χ0n) is 11.0. The van der Waals surface area contributed by atoms with Crippen LogP contribution in [0.2, 0.25) is 0 Å². The van der Waals surface area contributed by atoms with Crippen LogP contribution < -0.4 is 5.32 Å². The zero-order chi connectivity index (χ0) is 12.3. The minimum atomic E-state index is 0.658. The third-order valence-electron chi connectivity index (χ3n) is 3.44. The van der Waals surface area contributed by atoms with Crippen LogP contribution in [-0.4, -0.2) is 34.5 Å². The molecule has 1 saturated heterocycles. The molecular formula is C13H22N4. The van der Waals surface area contributed by atoms with Crippen molar-refractivity contribution in [3.05, 3.63) is 17.6 Å². The maximum atomic E-state index is 4.52. The van der Waals surface area contributed by atoms with Crippen molar-refractivity contribution in [2.45, 2.75) is 45.7 Å². The van der Waals surface area contributed by atoms with Crippen molar-refractivity contribution in [1.82, 2.24) is 14.9 Å². The maximum absolute atomic E-state index is 4.52. The van der Waals surface area contributed by atoms with Gasteiger partial charge in [0.1, 0.15) is 11.6 Å². The lowest BCUT2D eigenvalue weighted by Gasteiger charge is -2.32. The Morgan fingerprint density at radius 3 is 2.94 bits per heavy atom. The topological polar surface area (TPSA) is 41.1 Å². The largest absolute Gasteiger partial charge is 0.373 e. The van der Waals surface area contributed by atoms with Crippen LogP contribution in [0.15, 0.2) is 6.07 Å². The molecule has 4 nitrogen and oxygen atoms in total. The average molecular weight is 234 g/mol. The van der Waals surface area contributed by atoms with E-state index in [1.54, 1.807) is 0 Å².